The summed E-state index contributed by atoms with van der Waals surface area (Å²) in [6, 6.07) is 3.87. The molecule has 11 heteroatoms. The van der Waals surface area contributed by atoms with Crippen molar-refractivity contribution in [2.75, 3.05) is 22.8 Å². The molecule has 2 aliphatic carbocycles. The van der Waals surface area contributed by atoms with Crippen LogP contribution in [0.4, 0.5) is 11.5 Å². The second kappa shape index (κ2) is 9.27. The molecule has 0 atom stereocenters. The Morgan fingerprint density at radius 1 is 1.20 bits per heavy atom. The van der Waals surface area contributed by atoms with Crippen LogP contribution >= 0.6 is 0 Å². The molecule has 1 amide bonds. The SMILES string of the molecule is CN(c1c(OC2CCC(N)CC2)ccc2c1CC(C)(C)c1c(N)ncnc1-2)S(=O)(=O)CCC(N)=O. The topological polar surface area (TPSA) is 168 Å². The number of aromatic nitrogens is 2. The van der Waals surface area contributed by atoms with E-state index in [2.05, 4.69) is 9.97 Å². The highest BCUT2D eigenvalue weighted by Crippen LogP contribution is 2.50. The number of primary amides is 1. The number of nitrogens with zero attached hydrogens (tertiary/aromatic N) is 3. The smallest absolute Gasteiger partial charge is 0.235 e. The molecule has 6 N–H and O–H groups in total. The average molecular weight is 503 g/mol. The standard InChI is InChI=1S/C24H34N6O4S/c1-24(2)12-17-16(21-20(24)23(27)29-13-28-21)8-9-18(34-15-6-4-14(25)5-7-15)22(17)30(3)35(32,33)11-10-19(26)31/h8-9,13-15H,4-7,10-12,25H2,1-3H3,(H2,26,31)(H2,27,28,29). The third-order valence-corrected chi connectivity index (χ3v) is 8.76. The first-order chi connectivity index (χ1) is 16.4. The van der Waals surface area contributed by atoms with Gasteiger partial charge >= 0.3 is 0 Å². The van der Waals surface area contributed by atoms with Gasteiger partial charge in [-0.3, -0.25) is 9.10 Å². The Labute approximate surface area is 206 Å². The lowest BCUT2D eigenvalue weighted by molar-refractivity contribution is -0.117. The maximum absolute atomic E-state index is 13.3. The molecule has 1 saturated carbocycles. The molecule has 0 spiro atoms. The predicted octanol–water partition coefficient (Wildman–Crippen LogP) is 1.85. The maximum atomic E-state index is 13.3. The first-order valence-corrected chi connectivity index (χ1v) is 13.5. The highest BCUT2D eigenvalue weighted by atomic mass is 32.2. The minimum absolute atomic E-state index is 0.0600. The molecule has 0 unspecified atom stereocenters. The van der Waals surface area contributed by atoms with E-state index in [4.69, 9.17) is 21.9 Å². The molecule has 1 aromatic carbocycles. The summed E-state index contributed by atoms with van der Waals surface area (Å²) in [4.78, 5) is 20.0. The molecule has 1 aromatic heterocycles. The summed E-state index contributed by atoms with van der Waals surface area (Å²) < 4.78 is 34.2. The van der Waals surface area contributed by atoms with Gasteiger partial charge in [0.2, 0.25) is 15.9 Å². The number of anilines is 2. The third kappa shape index (κ3) is 4.92. The summed E-state index contributed by atoms with van der Waals surface area (Å²) in [5.41, 5.74) is 20.7. The van der Waals surface area contributed by atoms with Gasteiger partial charge in [-0.15, -0.1) is 0 Å². The number of nitrogen functional groups attached to an aromatic ring is 1. The van der Waals surface area contributed by atoms with E-state index in [-0.39, 0.29) is 18.6 Å². The van der Waals surface area contributed by atoms with E-state index in [1.54, 1.807) is 6.07 Å². The zero-order valence-corrected chi connectivity index (χ0v) is 21.3. The molecule has 1 heterocycles. The van der Waals surface area contributed by atoms with Gasteiger partial charge in [-0.1, -0.05) is 13.8 Å². The lowest BCUT2D eigenvalue weighted by Crippen LogP contribution is -2.35. The minimum atomic E-state index is -3.86. The molecule has 0 radical (unpaired) electrons. The highest BCUT2D eigenvalue weighted by Gasteiger charge is 2.38. The number of sulfonamides is 1. The summed E-state index contributed by atoms with van der Waals surface area (Å²) in [6.07, 6.45) is 4.91. The van der Waals surface area contributed by atoms with E-state index in [0.717, 1.165) is 42.4 Å². The van der Waals surface area contributed by atoms with Crippen LogP contribution in [0.1, 0.15) is 57.1 Å². The highest BCUT2D eigenvalue weighted by molar-refractivity contribution is 7.92. The Morgan fingerprint density at radius 3 is 2.54 bits per heavy atom. The van der Waals surface area contributed by atoms with Crippen molar-refractivity contribution in [1.82, 2.24) is 9.97 Å². The third-order valence-electron chi connectivity index (χ3n) is 7.02. The number of ether oxygens (including phenoxy) is 1. The van der Waals surface area contributed by atoms with Crippen LogP contribution in [0.5, 0.6) is 5.75 Å². The zero-order valence-electron chi connectivity index (χ0n) is 20.5. The molecule has 2 aliphatic rings. The Bertz CT molecular complexity index is 1240. The number of amides is 1. The van der Waals surface area contributed by atoms with Gasteiger partial charge in [-0.05, 0) is 55.2 Å². The van der Waals surface area contributed by atoms with Gasteiger partial charge in [0, 0.05) is 30.6 Å². The predicted molar refractivity (Wildman–Crippen MR) is 135 cm³/mol. The van der Waals surface area contributed by atoms with Crippen molar-refractivity contribution in [3.05, 3.63) is 29.6 Å². The van der Waals surface area contributed by atoms with Crippen LogP contribution in [-0.2, 0) is 26.7 Å². The number of hydrogen-bond donors (Lipinski definition) is 3. The molecule has 35 heavy (non-hydrogen) atoms. The van der Waals surface area contributed by atoms with Crippen LogP contribution in [-0.4, -0.2) is 49.2 Å². The summed E-state index contributed by atoms with van der Waals surface area (Å²) in [5.74, 6) is -0.173. The monoisotopic (exact) mass is 502 g/mol. The number of fused-ring (bicyclic) bond motifs is 3. The fourth-order valence-electron chi connectivity index (χ4n) is 5.15. The van der Waals surface area contributed by atoms with Crippen molar-refractivity contribution in [2.24, 2.45) is 11.5 Å². The number of carbonyl (C=O) groups is 1. The summed E-state index contributed by atoms with van der Waals surface area (Å²) in [7, 11) is -2.37. The van der Waals surface area contributed by atoms with Crippen molar-refractivity contribution >= 4 is 27.4 Å². The molecule has 0 saturated heterocycles. The first-order valence-electron chi connectivity index (χ1n) is 11.8. The minimum Gasteiger partial charge on any atom is -0.488 e. The quantitative estimate of drug-likeness (QED) is 0.515. The van der Waals surface area contributed by atoms with Gasteiger partial charge in [0.05, 0.1) is 23.2 Å². The van der Waals surface area contributed by atoms with Gasteiger partial charge in [-0.2, -0.15) is 0 Å². The van der Waals surface area contributed by atoms with E-state index < -0.39 is 27.1 Å². The second-order valence-electron chi connectivity index (χ2n) is 10.1. The second-order valence-corrected chi connectivity index (χ2v) is 12.3. The lowest BCUT2D eigenvalue weighted by Gasteiger charge is -2.37. The van der Waals surface area contributed by atoms with E-state index in [1.807, 2.05) is 19.9 Å². The van der Waals surface area contributed by atoms with Crippen molar-refractivity contribution in [3.63, 3.8) is 0 Å². The molecule has 0 bridgehead atoms. The van der Waals surface area contributed by atoms with Gasteiger partial charge < -0.3 is 21.9 Å². The number of nitrogens with two attached hydrogens (primary N) is 3. The van der Waals surface area contributed by atoms with Gasteiger partial charge in [0.1, 0.15) is 17.9 Å². The summed E-state index contributed by atoms with van der Waals surface area (Å²) in [6.45, 7) is 4.08. The van der Waals surface area contributed by atoms with E-state index >= 15 is 0 Å². The zero-order chi connectivity index (χ0) is 25.5. The van der Waals surface area contributed by atoms with E-state index in [9.17, 15) is 13.2 Å². The normalized spacial score (nSPS) is 21.0. The molecular formula is C24H34N6O4S. The largest absolute Gasteiger partial charge is 0.488 e. The summed E-state index contributed by atoms with van der Waals surface area (Å²) >= 11 is 0. The molecule has 4 rings (SSSR count). The van der Waals surface area contributed by atoms with Gasteiger partial charge in [0.25, 0.3) is 0 Å². The molecule has 1 fully saturated rings. The molecule has 0 aliphatic heterocycles. The molecule has 190 valence electrons. The van der Waals surface area contributed by atoms with Gasteiger partial charge in [-0.25, -0.2) is 18.4 Å². The van der Waals surface area contributed by atoms with E-state index in [1.165, 1.54) is 17.7 Å². The Hall–Kier alpha value is -2.92. The molecule has 10 nitrogen and oxygen atoms in total. The van der Waals surface area contributed by atoms with Crippen molar-refractivity contribution in [2.45, 2.75) is 69.9 Å². The average Bonchev–Trinajstić information content (AvgIpc) is 2.78. The lowest BCUT2D eigenvalue weighted by atomic mass is 9.71. The van der Waals surface area contributed by atoms with Crippen molar-refractivity contribution < 1.29 is 17.9 Å². The fourth-order valence-corrected chi connectivity index (χ4v) is 6.36. The van der Waals surface area contributed by atoms with Crippen LogP contribution in [0.3, 0.4) is 0 Å². The van der Waals surface area contributed by atoms with Crippen molar-refractivity contribution in [1.29, 1.82) is 0 Å². The van der Waals surface area contributed by atoms with Crippen LogP contribution < -0.4 is 26.2 Å². The Kier molecular flexibility index (Phi) is 6.67. The van der Waals surface area contributed by atoms with Gasteiger partial charge in [0.15, 0.2) is 0 Å². The van der Waals surface area contributed by atoms with Crippen LogP contribution in [0, 0.1) is 0 Å². The number of rotatable bonds is 7. The molecular weight excluding hydrogens is 468 g/mol. The van der Waals surface area contributed by atoms with E-state index in [0.29, 0.717) is 29.4 Å². The number of carbonyl (C=O) groups excluding carboxylic acids is 1. The number of benzene rings is 1. The first kappa shape index (κ1) is 25.2. The molecule has 2 aromatic rings. The van der Waals surface area contributed by atoms with Crippen LogP contribution in [0.15, 0.2) is 18.5 Å². The number of hydrogen-bond acceptors (Lipinski definition) is 8. The van der Waals surface area contributed by atoms with Crippen molar-refractivity contribution in [3.8, 4) is 17.0 Å². The maximum Gasteiger partial charge on any atom is 0.235 e. The fraction of sp³-hybridized carbons (Fsp3) is 0.542. The Morgan fingerprint density at radius 2 is 1.89 bits per heavy atom. The van der Waals surface area contributed by atoms with Crippen LogP contribution in [0.2, 0.25) is 0 Å². The van der Waals surface area contributed by atoms with Crippen LogP contribution in [0.25, 0.3) is 11.3 Å². The Balaban J connectivity index is 1.86. The summed E-state index contributed by atoms with van der Waals surface area (Å²) in [5, 5.41) is 0.